The zero-order valence-corrected chi connectivity index (χ0v) is 18.4. The van der Waals surface area contributed by atoms with Crippen LogP contribution in [0.5, 0.6) is 0 Å². The number of nitrogens with one attached hydrogen (secondary N) is 1. The molecule has 4 rings (SSSR count). The first-order valence-electron chi connectivity index (χ1n) is 9.21. The summed E-state index contributed by atoms with van der Waals surface area (Å²) >= 11 is 19.7. The van der Waals surface area contributed by atoms with Crippen molar-refractivity contribution in [1.82, 2.24) is 5.32 Å². The number of piperidine rings is 1. The van der Waals surface area contributed by atoms with Gasteiger partial charge in [0.1, 0.15) is 5.78 Å². The number of carbonyl (C=O) groups excluding carboxylic acids is 1. The maximum Gasteiger partial charge on any atom is 0.150 e. The predicted octanol–water partition coefficient (Wildman–Crippen LogP) is 7.15. The van der Waals surface area contributed by atoms with Crippen molar-refractivity contribution in [2.45, 2.75) is 28.6 Å². The van der Waals surface area contributed by atoms with Gasteiger partial charge in [-0.1, -0.05) is 59.1 Å². The summed E-state index contributed by atoms with van der Waals surface area (Å²) in [5.74, 6) is 0.212. The summed E-state index contributed by atoms with van der Waals surface area (Å²) in [7, 11) is 0. The van der Waals surface area contributed by atoms with E-state index in [9.17, 15) is 4.79 Å². The van der Waals surface area contributed by atoms with E-state index >= 15 is 0 Å². The second kappa shape index (κ2) is 9.11. The Balaban J connectivity index is 1.65. The molecule has 1 fully saturated rings. The fourth-order valence-electron chi connectivity index (χ4n) is 3.51. The molecule has 0 amide bonds. The van der Waals surface area contributed by atoms with Crippen LogP contribution >= 0.6 is 46.6 Å². The minimum Gasteiger partial charge on any atom is -0.301 e. The first kappa shape index (κ1) is 20.8. The molecule has 0 radical (unpaired) electrons. The number of rotatable bonds is 4. The smallest absolute Gasteiger partial charge is 0.150 e. The van der Waals surface area contributed by atoms with Gasteiger partial charge in [0.15, 0.2) is 0 Å². The quantitative estimate of drug-likeness (QED) is 0.446. The van der Waals surface area contributed by atoms with Crippen molar-refractivity contribution in [1.29, 1.82) is 0 Å². The van der Waals surface area contributed by atoms with Gasteiger partial charge < -0.3 is 5.32 Å². The summed E-state index contributed by atoms with van der Waals surface area (Å²) in [6, 6.07) is 22.7. The molecule has 3 atom stereocenters. The standard InChI is InChI=1S/C23H18Cl3NOS/c24-16-5-1-14(2-6-16)20-13-21(28)23(29-19-11-9-18(26)10-12-19)22(27-20)15-3-7-17(25)8-4-15/h1-12,20,22-23,27H,13H2. The molecule has 29 heavy (non-hydrogen) atoms. The van der Waals surface area contributed by atoms with Crippen LogP contribution in [0.1, 0.15) is 29.6 Å². The molecule has 1 N–H and O–H groups in total. The van der Waals surface area contributed by atoms with Crippen LogP contribution in [0.15, 0.2) is 77.7 Å². The molecular weight excluding hydrogens is 445 g/mol. The molecule has 0 aliphatic carbocycles. The van der Waals surface area contributed by atoms with Gasteiger partial charge in [0.05, 0.1) is 11.3 Å². The molecule has 1 aliphatic heterocycles. The van der Waals surface area contributed by atoms with E-state index in [1.807, 2.05) is 72.8 Å². The fourth-order valence-corrected chi connectivity index (χ4v) is 5.07. The summed E-state index contributed by atoms with van der Waals surface area (Å²) in [4.78, 5) is 14.2. The zero-order chi connectivity index (χ0) is 20.4. The summed E-state index contributed by atoms with van der Waals surface area (Å²) in [5, 5.41) is 5.47. The van der Waals surface area contributed by atoms with Crippen LogP contribution in [0.4, 0.5) is 0 Å². The van der Waals surface area contributed by atoms with Gasteiger partial charge in [0.25, 0.3) is 0 Å². The third-order valence-electron chi connectivity index (χ3n) is 4.98. The maximum atomic E-state index is 13.2. The summed E-state index contributed by atoms with van der Waals surface area (Å²) in [5.41, 5.74) is 2.09. The molecule has 3 unspecified atom stereocenters. The monoisotopic (exact) mass is 461 g/mol. The molecule has 0 spiro atoms. The minimum absolute atomic E-state index is 0.0671. The van der Waals surface area contributed by atoms with Crippen molar-refractivity contribution < 1.29 is 4.79 Å². The van der Waals surface area contributed by atoms with E-state index < -0.39 is 0 Å². The Hall–Kier alpha value is -1.49. The number of thioether (sulfide) groups is 1. The molecule has 0 aromatic heterocycles. The highest BCUT2D eigenvalue weighted by Gasteiger charge is 2.38. The van der Waals surface area contributed by atoms with Gasteiger partial charge in [-0.2, -0.15) is 0 Å². The number of hydrogen-bond donors (Lipinski definition) is 1. The van der Waals surface area contributed by atoms with Gasteiger partial charge in [-0.05, 0) is 59.7 Å². The predicted molar refractivity (Wildman–Crippen MR) is 122 cm³/mol. The van der Waals surface area contributed by atoms with Crippen LogP contribution < -0.4 is 5.32 Å². The van der Waals surface area contributed by atoms with E-state index in [-0.39, 0.29) is 23.1 Å². The van der Waals surface area contributed by atoms with Crippen molar-refractivity contribution in [3.63, 3.8) is 0 Å². The van der Waals surface area contributed by atoms with E-state index in [0.29, 0.717) is 21.5 Å². The summed E-state index contributed by atoms with van der Waals surface area (Å²) in [6.07, 6.45) is 0.428. The van der Waals surface area contributed by atoms with Crippen molar-refractivity contribution in [3.8, 4) is 0 Å². The lowest BCUT2D eigenvalue weighted by Gasteiger charge is -2.37. The number of hydrogen-bond acceptors (Lipinski definition) is 3. The molecule has 6 heteroatoms. The van der Waals surface area contributed by atoms with Crippen LogP contribution in [-0.4, -0.2) is 11.0 Å². The Bertz CT molecular complexity index is 990. The Morgan fingerprint density at radius 2 is 1.21 bits per heavy atom. The first-order valence-corrected chi connectivity index (χ1v) is 11.2. The molecule has 1 heterocycles. The van der Waals surface area contributed by atoms with Crippen molar-refractivity contribution in [3.05, 3.63) is 99.0 Å². The average molecular weight is 463 g/mol. The number of carbonyl (C=O) groups is 1. The lowest BCUT2D eigenvalue weighted by Crippen LogP contribution is -2.44. The first-order chi connectivity index (χ1) is 14.0. The molecule has 0 saturated carbocycles. The van der Waals surface area contributed by atoms with E-state index in [1.54, 1.807) is 11.8 Å². The molecule has 148 valence electrons. The molecule has 1 saturated heterocycles. The zero-order valence-electron chi connectivity index (χ0n) is 15.3. The maximum absolute atomic E-state index is 13.2. The van der Waals surface area contributed by atoms with Gasteiger partial charge in [-0.15, -0.1) is 11.8 Å². The van der Waals surface area contributed by atoms with Crippen LogP contribution in [0, 0.1) is 0 Å². The number of ketones is 1. The molecule has 3 aromatic rings. The SMILES string of the molecule is O=C1CC(c2ccc(Cl)cc2)NC(c2ccc(Cl)cc2)C1Sc1ccc(Cl)cc1. The molecule has 0 bridgehead atoms. The van der Waals surface area contributed by atoms with Crippen molar-refractivity contribution in [2.24, 2.45) is 0 Å². The van der Waals surface area contributed by atoms with E-state index in [4.69, 9.17) is 34.8 Å². The number of Topliss-reactive ketones (excluding diaryl/α,β-unsaturated/α-hetero) is 1. The van der Waals surface area contributed by atoms with Crippen LogP contribution in [0.2, 0.25) is 15.1 Å². The second-order valence-corrected chi connectivity index (χ2v) is 9.49. The second-order valence-electron chi connectivity index (χ2n) is 6.96. The topological polar surface area (TPSA) is 29.1 Å². The van der Waals surface area contributed by atoms with Crippen molar-refractivity contribution >= 4 is 52.3 Å². The van der Waals surface area contributed by atoms with Gasteiger partial charge in [-0.3, -0.25) is 4.79 Å². The fraction of sp³-hybridized carbons (Fsp3) is 0.174. The van der Waals surface area contributed by atoms with E-state index in [2.05, 4.69) is 5.32 Å². The summed E-state index contributed by atoms with van der Waals surface area (Å²) in [6.45, 7) is 0. The van der Waals surface area contributed by atoms with Crippen LogP contribution in [0.3, 0.4) is 0 Å². The molecule has 3 aromatic carbocycles. The average Bonchev–Trinajstić information content (AvgIpc) is 2.72. The van der Waals surface area contributed by atoms with Crippen molar-refractivity contribution in [2.75, 3.05) is 0 Å². The number of benzene rings is 3. The van der Waals surface area contributed by atoms with Gasteiger partial charge in [0, 0.05) is 32.4 Å². The molecule has 1 aliphatic rings. The van der Waals surface area contributed by atoms with Crippen LogP contribution in [-0.2, 0) is 4.79 Å². The van der Waals surface area contributed by atoms with E-state index in [1.165, 1.54) is 0 Å². The Kier molecular flexibility index (Phi) is 6.53. The minimum atomic E-state index is -0.249. The lowest BCUT2D eigenvalue weighted by molar-refractivity contribution is -0.121. The number of halogens is 3. The van der Waals surface area contributed by atoms with Gasteiger partial charge in [-0.25, -0.2) is 0 Å². The van der Waals surface area contributed by atoms with Crippen LogP contribution in [0.25, 0.3) is 0 Å². The Morgan fingerprint density at radius 1 is 0.724 bits per heavy atom. The highest BCUT2D eigenvalue weighted by Crippen LogP contribution is 2.40. The van der Waals surface area contributed by atoms with Gasteiger partial charge in [0.2, 0.25) is 0 Å². The molecular formula is C23H18Cl3NOS. The largest absolute Gasteiger partial charge is 0.301 e. The third-order valence-corrected chi connectivity index (χ3v) is 7.07. The summed E-state index contributed by atoms with van der Waals surface area (Å²) < 4.78 is 0. The molecule has 2 nitrogen and oxygen atoms in total. The normalized spacial score (nSPS) is 21.9. The lowest BCUT2D eigenvalue weighted by atomic mass is 9.89. The highest BCUT2D eigenvalue weighted by atomic mass is 35.5. The Labute approximate surface area is 189 Å². The third kappa shape index (κ3) is 4.99. The highest BCUT2D eigenvalue weighted by molar-refractivity contribution is 8.00. The Morgan fingerprint density at radius 3 is 1.76 bits per heavy atom. The van der Waals surface area contributed by atoms with E-state index in [0.717, 1.165) is 16.0 Å². The van der Waals surface area contributed by atoms with Gasteiger partial charge >= 0.3 is 0 Å².